The highest BCUT2D eigenvalue weighted by Gasteiger charge is 2.28. The number of nitrogens with one attached hydrogen (secondary N) is 1. The number of ether oxygens (including phenoxy) is 2. The topological polar surface area (TPSA) is 97.8 Å². The predicted molar refractivity (Wildman–Crippen MR) is 131 cm³/mol. The van der Waals surface area contributed by atoms with Gasteiger partial charge in [-0.2, -0.15) is 0 Å². The summed E-state index contributed by atoms with van der Waals surface area (Å²) in [4.78, 5) is 43.5. The van der Waals surface area contributed by atoms with E-state index < -0.39 is 0 Å². The van der Waals surface area contributed by atoms with Crippen molar-refractivity contribution in [2.45, 2.75) is 20.3 Å². The Morgan fingerprint density at radius 2 is 1.89 bits per heavy atom. The van der Waals surface area contributed by atoms with Gasteiger partial charge in [0.1, 0.15) is 18.0 Å². The number of fused-ring (bicyclic) bond motifs is 1. The van der Waals surface area contributed by atoms with Gasteiger partial charge in [0.05, 0.1) is 5.69 Å². The van der Waals surface area contributed by atoms with Crippen molar-refractivity contribution in [1.29, 1.82) is 0 Å². The molecule has 1 aliphatic heterocycles. The van der Waals surface area contributed by atoms with Crippen molar-refractivity contribution in [2.75, 3.05) is 31.2 Å². The van der Waals surface area contributed by atoms with Crippen molar-refractivity contribution in [2.24, 2.45) is 0 Å². The van der Waals surface area contributed by atoms with Gasteiger partial charge in [-0.25, -0.2) is 0 Å². The summed E-state index contributed by atoms with van der Waals surface area (Å²) in [6.07, 6.45) is 2.28. The molecule has 3 aromatic rings. The molecule has 2 amide bonds. The molecule has 0 saturated carbocycles. The van der Waals surface area contributed by atoms with Crippen LogP contribution in [0, 0.1) is 13.8 Å². The quantitative estimate of drug-likeness (QED) is 0.480. The van der Waals surface area contributed by atoms with Gasteiger partial charge in [-0.1, -0.05) is 12.1 Å². The molecule has 1 N–H and O–H groups in total. The number of amides is 2. The van der Waals surface area contributed by atoms with Crippen molar-refractivity contribution in [3.63, 3.8) is 0 Å². The number of nitrogens with zero attached hydrogens (tertiary/aromatic N) is 2. The Morgan fingerprint density at radius 1 is 1.09 bits per heavy atom. The molecule has 2 aromatic carbocycles. The number of carbonyl (C=O) groups is 3. The van der Waals surface area contributed by atoms with E-state index in [4.69, 9.17) is 9.47 Å². The maximum absolute atomic E-state index is 12.8. The van der Waals surface area contributed by atoms with Crippen LogP contribution in [0.2, 0.25) is 0 Å². The Kier molecular flexibility index (Phi) is 7.40. The average molecular weight is 474 g/mol. The summed E-state index contributed by atoms with van der Waals surface area (Å²) in [5, 5.41) is 2.81. The Balaban J connectivity index is 1.40. The maximum Gasteiger partial charge on any atom is 0.265 e. The minimum Gasteiger partial charge on any atom is -0.485 e. The summed E-state index contributed by atoms with van der Waals surface area (Å²) in [6.45, 7) is 3.84. The van der Waals surface area contributed by atoms with Crippen LogP contribution >= 0.6 is 0 Å². The average Bonchev–Trinajstić information content (AvgIpc) is 2.84. The van der Waals surface area contributed by atoms with Gasteiger partial charge in [-0.15, -0.1) is 0 Å². The number of carbonyl (C=O) groups excluding carboxylic acids is 3. The first-order valence-electron chi connectivity index (χ1n) is 11.4. The fourth-order valence-corrected chi connectivity index (χ4v) is 3.87. The third-order valence-corrected chi connectivity index (χ3v) is 5.52. The second-order valence-corrected chi connectivity index (χ2v) is 8.41. The van der Waals surface area contributed by atoms with Gasteiger partial charge in [0.25, 0.3) is 5.91 Å². The number of hydrogen-bond acceptors (Lipinski definition) is 6. The SMILES string of the molecule is Cc1cc(C)cc(OCC(=O)c2ccc3c(c2)N(CC(=O)NCCc2ccccn2)C(=O)CO3)c1. The van der Waals surface area contributed by atoms with Crippen molar-refractivity contribution in [3.8, 4) is 11.5 Å². The van der Waals surface area contributed by atoms with Crippen LogP contribution in [-0.2, 0) is 16.0 Å². The molecule has 2 heterocycles. The summed E-state index contributed by atoms with van der Waals surface area (Å²) >= 11 is 0. The molecule has 1 aliphatic rings. The fraction of sp³-hybridized carbons (Fsp3) is 0.259. The van der Waals surface area contributed by atoms with Gasteiger partial charge < -0.3 is 14.8 Å². The highest BCUT2D eigenvalue weighted by molar-refractivity contribution is 6.04. The zero-order valence-corrected chi connectivity index (χ0v) is 19.7. The fourth-order valence-electron chi connectivity index (χ4n) is 3.87. The monoisotopic (exact) mass is 473 g/mol. The van der Waals surface area contributed by atoms with E-state index in [1.165, 1.54) is 4.90 Å². The smallest absolute Gasteiger partial charge is 0.265 e. The van der Waals surface area contributed by atoms with Crippen LogP contribution in [0.3, 0.4) is 0 Å². The lowest BCUT2D eigenvalue weighted by molar-refractivity contribution is -0.125. The normalized spacial score (nSPS) is 12.5. The molecule has 180 valence electrons. The molecule has 0 fully saturated rings. The van der Waals surface area contributed by atoms with Gasteiger partial charge in [-0.05, 0) is 67.4 Å². The Bertz CT molecular complexity index is 1220. The third kappa shape index (κ3) is 6.23. The Morgan fingerprint density at radius 3 is 2.63 bits per heavy atom. The maximum atomic E-state index is 12.8. The molecule has 0 unspecified atom stereocenters. The van der Waals surface area contributed by atoms with Crippen LogP contribution in [0.4, 0.5) is 5.69 Å². The van der Waals surface area contributed by atoms with Crippen LogP contribution in [0.1, 0.15) is 27.2 Å². The molecule has 35 heavy (non-hydrogen) atoms. The Labute approximate surface area is 203 Å². The van der Waals surface area contributed by atoms with Gasteiger partial charge in [0.2, 0.25) is 5.91 Å². The molecule has 8 heteroatoms. The van der Waals surface area contributed by atoms with E-state index in [1.54, 1.807) is 24.4 Å². The zero-order chi connectivity index (χ0) is 24.8. The van der Waals surface area contributed by atoms with Crippen LogP contribution in [0.5, 0.6) is 11.5 Å². The summed E-state index contributed by atoms with van der Waals surface area (Å²) in [7, 11) is 0. The minimum absolute atomic E-state index is 0.148. The van der Waals surface area contributed by atoms with Crippen LogP contribution in [0.15, 0.2) is 60.8 Å². The lowest BCUT2D eigenvalue weighted by Crippen LogP contribution is -2.45. The van der Waals surface area contributed by atoms with Crippen LogP contribution in [0.25, 0.3) is 0 Å². The number of ketones is 1. The highest BCUT2D eigenvalue weighted by Crippen LogP contribution is 2.33. The van der Waals surface area contributed by atoms with Crippen LogP contribution in [-0.4, -0.2) is 48.9 Å². The third-order valence-electron chi connectivity index (χ3n) is 5.52. The molecule has 0 radical (unpaired) electrons. The van der Waals surface area contributed by atoms with Gasteiger partial charge in [0.15, 0.2) is 19.0 Å². The lowest BCUT2D eigenvalue weighted by Gasteiger charge is -2.29. The standard InChI is InChI=1S/C27H27N3O5/c1-18-11-19(2)13-22(12-18)34-16-24(31)20-6-7-25-23(14-20)30(27(33)17-35-25)15-26(32)29-10-8-21-5-3-4-9-28-21/h3-7,9,11-14H,8,10,15-17H2,1-2H3,(H,29,32). The number of benzene rings is 2. The number of pyridine rings is 1. The van der Waals surface area contributed by atoms with Crippen LogP contribution < -0.4 is 19.7 Å². The molecule has 0 saturated heterocycles. The highest BCUT2D eigenvalue weighted by atomic mass is 16.5. The summed E-state index contributed by atoms with van der Waals surface area (Å²) in [5.41, 5.74) is 3.72. The molecule has 0 bridgehead atoms. The molecule has 8 nitrogen and oxygen atoms in total. The number of Topliss-reactive ketones (excluding diaryl/α,β-unsaturated/α-hetero) is 1. The van der Waals surface area contributed by atoms with Gasteiger partial charge >= 0.3 is 0 Å². The van der Waals surface area contributed by atoms with E-state index in [2.05, 4.69) is 10.3 Å². The molecular weight excluding hydrogens is 446 g/mol. The van der Waals surface area contributed by atoms with E-state index >= 15 is 0 Å². The first-order valence-corrected chi connectivity index (χ1v) is 11.4. The molecule has 1 aromatic heterocycles. The first kappa shape index (κ1) is 23.9. The van der Waals surface area contributed by atoms with Crippen molar-refractivity contribution >= 4 is 23.3 Å². The van der Waals surface area contributed by atoms with E-state index in [-0.39, 0.29) is 37.4 Å². The molecule has 0 spiro atoms. The largest absolute Gasteiger partial charge is 0.485 e. The van der Waals surface area contributed by atoms with E-state index in [0.717, 1.165) is 16.8 Å². The van der Waals surface area contributed by atoms with E-state index in [1.807, 2.05) is 50.2 Å². The predicted octanol–water partition coefficient (Wildman–Crippen LogP) is 3.04. The number of hydrogen-bond donors (Lipinski definition) is 1. The van der Waals surface area contributed by atoms with Crippen molar-refractivity contribution in [1.82, 2.24) is 10.3 Å². The van der Waals surface area contributed by atoms with Crippen molar-refractivity contribution < 1.29 is 23.9 Å². The molecular formula is C27H27N3O5. The minimum atomic E-state index is -0.353. The second-order valence-electron chi connectivity index (χ2n) is 8.41. The van der Waals surface area contributed by atoms with E-state index in [0.29, 0.717) is 35.7 Å². The zero-order valence-electron chi connectivity index (χ0n) is 19.7. The second kappa shape index (κ2) is 10.8. The Hall–Kier alpha value is -4.20. The van der Waals surface area contributed by atoms with Gasteiger partial charge in [0, 0.05) is 30.4 Å². The van der Waals surface area contributed by atoms with Gasteiger partial charge in [-0.3, -0.25) is 24.3 Å². The molecule has 4 rings (SSSR count). The summed E-state index contributed by atoms with van der Waals surface area (Å²) in [5.74, 6) is 0.157. The summed E-state index contributed by atoms with van der Waals surface area (Å²) in [6, 6.07) is 16.2. The van der Waals surface area contributed by atoms with Crippen molar-refractivity contribution in [3.05, 3.63) is 83.2 Å². The number of anilines is 1. The number of rotatable bonds is 9. The van der Waals surface area contributed by atoms with E-state index in [9.17, 15) is 14.4 Å². The lowest BCUT2D eigenvalue weighted by atomic mass is 10.1. The summed E-state index contributed by atoms with van der Waals surface area (Å²) < 4.78 is 11.2. The number of aryl methyl sites for hydroxylation is 2. The number of aromatic nitrogens is 1. The molecule has 0 atom stereocenters. The first-order chi connectivity index (χ1) is 16.9. The molecule has 0 aliphatic carbocycles.